The van der Waals surface area contributed by atoms with E-state index in [0.717, 1.165) is 12.8 Å². The Balaban J connectivity index is 1.96. The Hall–Kier alpha value is -1.35. The minimum Gasteiger partial charge on any atom is -0.393 e. The number of aliphatic hydroxyl groups excluding tert-OH is 1. The van der Waals surface area contributed by atoms with Crippen molar-refractivity contribution in [1.29, 1.82) is 0 Å². The van der Waals surface area contributed by atoms with E-state index in [1.165, 1.54) is 0 Å². The van der Waals surface area contributed by atoms with Crippen LogP contribution in [0.5, 0.6) is 0 Å². The molecule has 4 atom stereocenters. The first-order valence-electron chi connectivity index (χ1n) is 7.81. The summed E-state index contributed by atoms with van der Waals surface area (Å²) in [5, 5.41) is 10.4. The van der Waals surface area contributed by atoms with Gasteiger partial charge in [-0.15, -0.1) is 0 Å². The highest BCUT2D eigenvalue weighted by Gasteiger charge is 2.66. The average Bonchev–Trinajstić information content (AvgIpc) is 2.95. The summed E-state index contributed by atoms with van der Waals surface area (Å²) in [6.07, 6.45) is 1.62. The summed E-state index contributed by atoms with van der Waals surface area (Å²) in [4.78, 5) is 14.7. The Morgan fingerprint density at radius 3 is 2.38 bits per heavy atom. The molecule has 0 heterocycles. The van der Waals surface area contributed by atoms with Gasteiger partial charge in [0.2, 0.25) is 0 Å². The Morgan fingerprint density at radius 1 is 1.19 bits per heavy atom. The van der Waals surface area contributed by atoms with Gasteiger partial charge in [-0.25, -0.2) is 0 Å². The van der Waals surface area contributed by atoms with Gasteiger partial charge in [-0.3, -0.25) is 4.79 Å². The van der Waals surface area contributed by atoms with Gasteiger partial charge < -0.3 is 10.0 Å². The first kappa shape index (κ1) is 14.6. The number of aliphatic hydroxyl groups is 1. The Bertz CT molecular complexity index is 554. The molecule has 2 unspecified atom stereocenters. The van der Waals surface area contributed by atoms with Crippen LogP contribution in [0.25, 0.3) is 0 Å². The van der Waals surface area contributed by atoms with Crippen LogP contribution < -0.4 is 0 Å². The van der Waals surface area contributed by atoms with Crippen molar-refractivity contribution in [2.24, 2.45) is 17.3 Å². The summed E-state index contributed by atoms with van der Waals surface area (Å²) in [6.45, 7) is 6.65. The molecule has 2 aliphatic carbocycles. The van der Waals surface area contributed by atoms with Gasteiger partial charge in [-0.2, -0.15) is 0 Å². The molecule has 1 aromatic rings. The van der Waals surface area contributed by atoms with E-state index in [4.69, 9.17) is 0 Å². The summed E-state index contributed by atoms with van der Waals surface area (Å²) in [5.74, 6) is 0.717. The van der Waals surface area contributed by atoms with E-state index in [1.807, 2.05) is 42.3 Å². The summed E-state index contributed by atoms with van der Waals surface area (Å²) in [7, 11) is 1.89. The average molecular weight is 287 g/mol. The first-order valence-corrected chi connectivity index (χ1v) is 7.81. The second-order valence-electron chi connectivity index (χ2n) is 7.44. The predicted molar refractivity (Wildman–Crippen MR) is 82.9 cm³/mol. The zero-order valence-electron chi connectivity index (χ0n) is 13.3. The third kappa shape index (κ3) is 1.80. The zero-order valence-corrected chi connectivity index (χ0v) is 13.3. The molecule has 1 aromatic carbocycles. The van der Waals surface area contributed by atoms with Gasteiger partial charge in [0, 0.05) is 18.5 Å². The summed E-state index contributed by atoms with van der Waals surface area (Å²) in [5.41, 5.74) is 0.438. The van der Waals surface area contributed by atoms with Crippen LogP contribution in [-0.4, -0.2) is 34.6 Å². The standard InChI is InChI=1S/C18H25NO2/c1-17(2)13-10-14(15(20)11-13)18(17,3)19(4)16(21)12-8-6-5-7-9-12/h5-9,13-15,20H,10-11H2,1-4H3/t13?,14?,15-,18+/m0/s1. The van der Waals surface area contributed by atoms with E-state index in [1.54, 1.807) is 0 Å². The van der Waals surface area contributed by atoms with Crippen LogP contribution >= 0.6 is 0 Å². The molecule has 0 spiro atoms. The second-order valence-corrected chi connectivity index (χ2v) is 7.44. The van der Waals surface area contributed by atoms with Crippen molar-refractivity contribution < 1.29 is 9.90 Å². The van der Waals surface area contributed by atoms with Crippen molar-refractivity contribution in [3.05, 3.63) is 35.9 Å². The molecule has 114 valence electrons. The van der Waals surface area contributed by atoms with Gasteiger partial charge in [-0.05, 0) is 43.2 Å². The highest BCUT2D eigenvalue weighted by atomic mass is 16.3. The minimum atomic E-state index is -0.303. The van der Waals surface area contributed by atoms with Gasteiger partial charge in [0.25, 0.3) is 5.91 Å². The normalized spacial score (nSPS) is 36.7. The number of carbonyl (C=O) groups is 1. The largest absolute Gasteiger partial charge is 0.393 e. The summed E-state index contributed by atoms with van der Waals surface area (Å²) in [6, 6.07) is 9.43. The summed E-state index contributed by atoms with van der Waals surface area (Å²) < 4.78 is 0. The fourth-order valence-electron chi connectivity index (χ4n) is 4.77. The molecule has 3 heteroatoms. The quantitative estimate of drug-likeness (QED) is 0.908. The third-order valence-corrected chi connectivity index (χ3v) is 6.60. The molecule has 2 saturated carbocycles. The molecule has 1 amide bonds. The van der Waals surface area contributed by atoms with Crippen molar-refractivity contribution in [3.8, 4) is 0 Å². The van der Waals surface area contributed by atoms with Crippen LogP contribution in [-0.2, 0) is 0 Å². The van der Waals surface area contributed by atoms with Gasteiger partial charge >= 0.3 is 0 Å². The van der Waals surface area contributed by atoms with E-state index < -0.39 is 0 Å². The van der Waals surface area contributed by atoms with Crippen LogP contribution in [0.4, 0.5) is 0 Å². The molecule has 1 N–H and O–H groups in total. The van der Waals surface area contributed by atoms with Crippen LogP contribution in [0.2, 0.25) is 0 Å². The Labute approximate surface area is 127 Å². The second kappa shape index (κ2) is 4.57. The molecular formula is C18H25NO2. The van der Waals surface area contributed by atoms with Gasteiger partial charge in [0.05, 0.1) is 11.6 Å². The predicted octanol–water partition coefficient (Wildman–Crippen LogP) is 2.94. The molecule has 3 rings (SSSR count). The van der Waals surface area contributed by atoms with Gasteiger partial charge in [0.1, 0.15) is 0 Å². The number of benzene rings is 1. The highest BCUT2D eigenvalue weighted by molar-refractivity contribution is 5.94. The van der Waals surface area contributed by atoms with Crippen LogP contribution in [0.3, 0.4) is 0 Å². The van der Waals surface area contributed by atoms with Crippen LogP contribution in [0.15, 0.2) is 30.3 Å². The number of carbonyl (C=O) groups excluding carboxylic acids is 1. The van der Waals surface area contributed by atoms with Crippen molar-refractivity contribution in [1.82, 2.24) is 4.90 Å². The lowest BCUT2D eigenvalue weighted by atomic mass is 9.62. The fourth-order valence-corrected chi connectivity index (χ4v) is 4.77. The molecule has 2 bridgehead atoms. The molecule has 2 fully saturated rings. The maximum atomic E-state index is 12.9. The monoisotopic (exact) mass is 287 g/mol. The third-order valence-electron chi connectivity index (χ3n) is 6.60. The molecule has 0 radical (unpaired) electrons. The fraction of sp³-hybridized carbons (Fsp3) is 0.611. The smallest absolute Gasteiger partial charge is 0.254 e. The van der Waals surface area contributed by atoms with E-state index in [-0.39, 0.29) is 28.9 Å². The number of amides is 1. The highest BCUT2D eigenvalue weighted by Crippen LogP contribution is 2.63. The molecule has 3 nitrogen and oxygen atoms in total. The van der Waals surface area contributed by atoms with Crippen molar-refractivity contribution >= 4 is 5.91 Å². The molecular weight excluding hydrogens is 262 g/mol. The van der Waals surface area contributed by atoms with Gasteiger partial charge in [-0.1, -0.05) is 32.0 Å². The number of hydrogen-bond donors (Lipinski definition) is 1. The minimum absolute atomic E-state index is 0.0239. The SMILES string of the molecule is CN(C(=O)c1ccccc1)[C@]1(C)C2CC(C[C@@H]2O)C1(C)C. The number of fused-ring (bicyclic) bond motifs is 2. The van der Waals surface area contributed by atoms with Crippen LogP contribution in [0.1, 0.15) is 44.0 Å². The van der Waals surface area contributed by atoms with E-state index in [0.29, 0.717) is 11.5 Å². The Morgan fingerprint density at radius 2 is 1.81 bits per heavy atom. The lowest BCUT2D eigenvalue weighted by Crippen LogP contribution is -2.62. The Kier molecular flexibility index (Phi) is 3.17. The van der Waals surface area contributed by atoms with E-state index >= 15 is 0 Å². The number of hydrogen-bond acceptors (Lipinski definition) is 2. The van der Waals surface area contributed by atoms with Crippen molar-refractivity contribution in [3.63, 3.8) is 0 Å². The molecule has 0 aliphatic heterocycles. The number of rotatable bonds is 2. The molecule has 2 aliphatic rings. The molecule has 21 heavy (non-hydrogen) atoms. The maximum Gasteiger partial charge on any atom is 0.254 e. The lowest BCUT2D eigenvalue weighted by molar-refractivity contribution is -0.0659. The maximum absolute atomic E-state index is 12.9. The van der Waals surface area contributed by atoms with Gasteiger partial charge in [0.15, 0.2) is 0 Å². The van der Waals surface area contributed by atoms with Crippen molar-refractivity contribution in [2.75, 3.05) is 7.05 Å². The van der Waals surface area contributed by atoms with Crippen molar-refractivity contribution in [2.45, 2.75) is 45.3 Å². The van der Waals surface area contributed by atoms with Crippen LogP contribution in [0, 0.1) is 17.3 Å². The molecule has 0 aromatic heterocycles. The zero-order chi connectivity index (χ0) is 15.4. The van der Waals surface area contributed by atoms with E-state index in [9.17, 15) is 9.90 Å². The molecule has 0 saturated heterocycles. The topological polar surface area (TPSA) is 40.5 Å². The van der Waals surface area contributed by atoms with E-state index in [2.05, 4.69) is 20.8 Å². The summed E-state index contributed by atoms with van der Waals surface area (Å²) >= 11 is 0. The first-order chi connectivity index (χ1) is 9.80. The lowest BCUT2D eigenvalue weighted by Gasteiger charge is -2.54. The number of nitrogens with zero attached hydrogens (tertiary/aromatic N) is 1.